The number of carbonyl (C=O) groups is 1. The van der Waals surface area contributed by atoms with Crippen LogP contribution in [-0.4, -0.2) is 28.5 Å². The Labute approximate surface area is 136 Å². The summed E-state index contributed by atoms with van der Waals surface area (Å²) in [6, 6.07) is 6.65. The van der Waals surface area contributed by atoms with E-state index in [4.69, 9.17) is 10.5 Å². The van der Waals surface area contributed by atoms with Crippen molar-refractivity contribution in [3.8, 4) is 0 Å². The van der Waals surface area contributed by atoms with E-state index in [1.165, 1.54) is 30.3 Å². The molecule has 0 unspecified atom stereocenters. The summed E-state index contributed by atoms with van der Waals surface area (Å²) in [7, 11) is 0. The van der Waals surface area contributed by atoms with Crippen molar-refractivity contribution >= 4 is 23.6 Å². The highest BCUT2D eigenvalue weighted by atomic mass is 19.1. The molecular formula is C15H16FN5O3. The van der Waals surface area contributed by atoms with Crippen molar-refractivity contribution in [3.05, 3.63) is 52.2 Å². The Morgan fingerprint density at radius 1 is 1.42 bits per heavy atom. The number of H-pyrrole nitrogens is 1. The van der Waals surface area contributed by atoms with E-state index >= 15 is 0 Å². The number of esters is 1. The first kappa shape index (κ1) is 17.1. The smallest absolute Gasteiger partial charge is 0.311 e. The maximum atomic E-state index is 12.8. The molecule has 0 amide bonds. The van der Waals surface area contributed by atoms with Crippen LogP contribution in [0.2, 0.25) is 0 Å². The highest BCUT2D eigenvalue weighted by molar-refractivity contribution is 5.93. The molecular weight excluding hydrogens is 317 g/mol. The molecule has 1 heterocycles. The van der Waals surface area contributed by atoms with Crippen LogP contribution >= 0.6 is 0 Å². The molecule has 2 aromatic rings. The second-order valence-corrected chi connectivity index (χ2v) is 4.67. The van der Waals surface area contributed by atoms with Crippen LogP contribution in [0.5, 0.6) is 0 Å². The summed E-state index contributed by atoms with van der Waals surface area (Å²) in [5.74, 6) is -0.997. The third kappa shape index (κ3) is 5.20. The third-order valence-corrected chi connectivity index (χ3v) is 2.76. The Hall–Kier alpha value is -3.23. The predicted octanol–water partition coefficient (Wildman–Crippen LogP) is 1.07. The minimum absolute atomic E-state index is 0.0574. The molecule has 126 valence electrons. The molecule has 8 nitrogen and oxygen atoms in total. The van der Waals surface area contributed by atoms with E-state index in [0.717, 1.165) is 0 Å². The fourth-order valence-electron chi connectivity index (χ4n) is 1.82. The topological polar surface area (TPSA) is 122 Å². The number of aromatic nitrogens is 2. The van der Waals surface area contributed by atoms with Gasteiger partial charge in [0, 0.05) is 11.8 Å². The number of anilines is 1. The van der Waals surface area contributed by atoms with Gasteiger partial charge in [-0.25, -0.2) is 9.37 Å². The van der Waals surface area contributed by atoms with Crippen LogP contribution in [0.4, 0.5) is 16.0 Å². The number of rotatable bonds is 5. The van der Waals surface area contributed by atoms with Gasteiger partial charge in [0.05, 0.1) is 18.7 Å². The van der Waals surface area contributed by atoms with Crippen molar-refractivity contribution in [2.75, 3.05) is 11.9 Å². The molecule has 0 fully saturated rings. The van der Waals surface area contributed by atoms with Crippen molar-refractivity contribution < 1.29 is 13.9 Å². The number of guanidine groups is 1. The van der Waals surface area contributed by atoms with Crippen LogP contribution in [0.3, 0.4) is 0 Å². The molecule has 0 aliphatic carbocycles. The second kappa shape index (κ2) is 7.86. The predicted molar refractivity (Wildman–Crippen MR) is 86.5 cm³/mol. The summed E-state index contributed by atoms with van der Waals surface area (Å²) in [6.07, 6.45) is -0.147. The van der Waals surface area contributed by atoms with Crippen molar-refractivity contribution in [1.82, 2.24) is 9.97 Å². The van der Waals surface area contributed by atoms with Gasteiger partial charge in [-0.2, -0.15) is 4.99 Å². The van der Waals surface area contributed by atoms with Crippen LogP contribution < -0.4 is 16.6 Å². The number of nitrogens with one attached hydrogen (secondary N) is 2. The average molecular weight is 333 g/mol. The lowest BCUT2D eigenvalue weighted by molar-refractivity contribution is -0.142. The standard InChI is InChI=1S/C15H16FN5O3/c1-2-24-13(23)8-11-7-12(22)20-15(19-11)21-14(17)18-10-5-3-9(16)4-6-10/h3-7H,2,8H2,1H3,(H4,17,18,19,20,21,22). The first-order valence-corrected chi connectivity index (χ1v) is 7.09. The first-order chi connectivity index (χ1) is 11.5. The Bertz CT molecular complexity index is 802. The lowest BCUT2D eigenvalue weighted by Crippen LogP contribution is -2.22. The van der Waals surface area contributed by atoms with Crippen LogP contribution in [0.15, 0.2) is 40.1 Å². The van der Waals surface area contributed by atoms with Gasteiger partial charge in [-0.15, -0.1) is 0 Å². The molecule has 1 aromatic carbocycles. The molecule has 4 N–H and O–H groups in total. The van der Waals surface area contributed by atoms with Crippen LogP contribution in [0, 0.1) is 5.82 Å². The largest absolute Gasteiger partial charge is 0.466 e. The van der Waals surface area contributed by atoms with E-state index < -0.39 is 11.5 Å². The maximum absolute atomic E-state index is 12.8. The van der Waals surface area contributed by atoms with Crippen LogP contribution in [0.25, 0.3) is 0 Å². The van der Waals surface area contributed by atoms with E-state index in [1.807, 2.05) is 0 Å². The van der Waals surface area contributed by atoms with Gasteiger partial charge in [0.2, 0.25) is 11.9 Å². The van der Waals surface area contributed by atoms with Gasteiger partial charge in [-0.05, 0) is 31.2 Å². The number of ether oxygens (including phenoxy) is 1. The Morgan fingerprint density at radius 2 is 2.12 bits per heavy atom. The summed E-state index contributed by atoms with van der Waals surface area (Å²) in [5, 5.41) is 2.73. The lowest BCUT2D eigenvalue weighted by Gasteiger charge is -2.05. The fourth-order valence-corrected chi connectivity index (χ4v) is 1.82. The normalized spacial score (nSPS) is 11.2. The van der Waals surface area contributed by atoms with Crippen molar-refractivity contribution in [3.63, 3.8) is 0 Å². The Morgan fingerprint density at radius 3 is 2.79 bits per heavy atom. The molecule has 2 rings (SSSR count). The Balaban J connectivity index is 2.15. The molecule has 9 heteroatoms. The Kier molecular flexibility index (Phi) is 5.61. The third-order valence-electron chi connectivity index (χ3n) is 2.76. The molecule has 0 radical (unpaired) electrons. The number of aromatic amines is 1. The van der Waals surface area contributed by atoms with Crippen molar-refractivity contribution in [2.24, 2.45) is 10.7 Å². The zero-order valence-electron chi connectivity index (χ0n) is 12.9. The molecule has 0 saturated carbocycles. The second-order valence-electron chi connectivity index (χ2n) is 4.67. The lowest BCUT2D eigenvalue weighted by atomic mass is 10.3. The number of nitrogens with two attached hydrogens (primary N) is 1. The van der Waals surface area contributed by atoms with E-state index in [9.17, 15) is 14.0 Å². The number of hydrogen-bond acceptors (Lipinski definition) is 5. The summed E-state index contributed by atoms with van der Waals surface area (Å²) in [6.45, 7) is 1.92. The highest BCUT2D eigenvalue weighted by Gasteiger charge is 2.08. The van der Waals surface area contributed by atoms with Gasteiger partial charge in [-0.1, -0.05) is 0 Å². The molecule has 0 bridgehead atoms. The minimum atomic E-state index is -0.497. The molecule has 0 aliphatic heterocycles. The zero-order valence-corrected chi connectivity index (χ0v) is 12.9. The molecule has 0 aliphatic rings. The van der Waals surface area contributed by atoms with Crippen LogP contribution in [0.1, 0.15) is 12.6 Å². The molecule has 0 spiro atoms. The van der Waals surface area contributed by atoms with E-state index in [1.54, 1.807) is 6.92 Å². The molecule has 24 heavy (non-hydrogen) atoms. The quantitative estimate of drug-likeness (QED) is 0.427. The van der Waals surface area contributed by atoms with Gasteiger partial charge in [0.25, 0.3) is 5.56 Å². The van der Waals surface area contributed by atoms with Crippen molar-refractivity contribution in [1.29, 1.82) is 0 Å². The molecule has 1 aromatic heterocycles. The van der Waals surface area contributed by atoms with Crippen molar-refractivity contribution in [2.45, 2.75) is 13.3 Å². The molecule has 0 saturated heterocycles. The van der Waals surface area contributed by atoms with Gasteiger partial charge < -0.3 is 15.8 Å². The molecule has 0 atom stereocenters. The summed E-state index contributed by atoms with van der Waals surface area (Å²) >= 11 is 0. The first-order valence-electron chi connectivity index (χ1n) is 7.09. The maximum Gasteiger partial charge on any atom is 0.311 e. The summed E-state index contributed by atoms with van der Waals surface area (Å²) < 4.78 is 17.6. The fraction of sp³-hybridized carbons (Fsp3) is 0.200. The number of carbonyl (C=O) groups excluding carboxylic acids is 1. The SMILES string of the molecule is CCOC(=O)Cc1cc(=O)[nH]c(N=C(N)Nc2ccc(F)cc2)n1. The van der Waals surface area contributed by atoms with Gasteiger partial charge >= 0.3 is 5.97 Å². The zero-order chi connectivity index (χ0) is 17.5. The van der Waals surface area contributed by atoms with Gasteiger partial charge in [0.1, 0.15) is 5.82 Å². The van der Waals surface area contributed by atoms with Gasteiger partial charge in [-0.3, -0.25) is 14.6 Å². The average Bonchev–Trinajstić information content (AvgIpc) is 2.49. The minimum Gasteiger partial charge on any atom is -0.466 e. The highest BCUT2D eigenvalue weighted by Crippen LogP contribution is 2.09. The number of halogens is 1. The monoisotopic (exact) mass is 333 g/mol. The van der Waals surface area contributed by atoms with E-state index in [2.05, 4.69) is 20.3 Å². The van der Waals surface area contributed by atoms with Crippen LogP contribution in [-0.2, 0) is 16.0 Å². The summed E-state index contributed by atoms with van der Waals surface area (Å²) in [4.78, 5) is 33.4. The number of hydrogen-bond donors (Lipinski definition) is 3. The van der Waals surface area contributed by atoms with E-state index in [-0.39, 0.29) is 36.4 Å². The summed E-state index contributed by atoms with van der Waals surface area (Å²) in [5.41, 5.74) is 5.97. The number of nitrogens with zero attached hydrogens (tertiary/aromatic N) is 2. The van der Waals surface area contributed by atoms with E-state index in [0.29, 0.717) is 5.69 Å². The van der Waals surface area contributed by atoms with Gasteiger partial charge in [0.15, 0.2) is 0 Å². The number of aliphatic imine (C=N–C) groups is 1. The number of benzene rings is 1.